The summed E-state index contributed by atoms with van der Waals surface area (Å²) in [7, 11) is 3.20. The number of nitrogens with one attached hydrogen (secondary N) is 2. The molecule has 1 aliphatic rings. The number of hydrogen-bond acceptors (Lipinski definition) is 8. The first-order chi connectivity index (χ1) is 22.6. The monoisotopic (exact) mass is 671 g/mol. The van der Waals surface area contributed by atoms with Gasteiger partial charge in [0.05, 0.1) is 30.2 Å². The van der Waals surface area contributed by atoms with E-state index in [1.54, 1.807) is 26.3 Å². The summed E-state index contributed by atoms with van der Waals surface area (Å²) in [6.07, 6.45) is 3.27. The first-order valence-electron chi connectivity index (χ1n) is 15.9. The van der Waals surface area contributed by atoms with Crippen molar-refractivity contribution in [2.24, 2.45) is 0 Å². The van der Waals surface area contributed by atoms with Crippen LogP contribution in [0.25, 0.3) is 11.3 Å². The van der Waals surface area contributed by atoms with Crippen molar-refractivity contribution in [1.82, 2.24) is 29.7 Å². The van der Waals surface area contributed by atoms with Crippen LogP contribution < -0.4 is 15.4 Å². The highest BCUT2D eigenvalue weighted by atomic mass is 33.1. The summed E-state index contributed by atoms with van der Waals surface area (Å²) >= 11 is 0. The minimum atomic E-state index is -0.297. The molecule has 2 aromatic carbocycles. The fraction of sp³-hybridized carbons (Fsp3) is 0.371. The predicted molar refractivity (Wildman–Crippen MR) is 189 cm³/mol. The van der Waals surface area contributed by atoms with Gasteiger partial charge in [-0.2, -0.15) is 5.10 Å². The number of benzene rings is 2. The van der Waals surface area contributed by atoms with E-state index in [-0.39, 0.29) is 36.1 Å². The van der Waals surface area contributed by atoms with E-state index in [2.05, 4.69) is 67.6 Å². The lowest BCUT2D eigenvalue weighted by Gasteiger charge is -2.32. The van der Waals surface area contributed by atoms with Crippen LogP contribution in [0.1, 0.15) is 88.2 Å². The Bertz CT molecular complexity index is 1860. The third kappa shape index (κ3) is 7.45. The number of aliphatic hydroxyl groups is 1. The molecule has 0 saturated carbocycles. The second kappa shape index (κ2) is 14.0. The van der Waals surface area contributed by atoms with Gasteiger partial charge in [-0.3, -0.25) is 9.72 Å². The molecule has 3 heterocycles. The third-order valence-corrected chi connectivity index (χ3v) is 10.4. The number of pyridine rings is 1. The molecule has 0 saturated heterocycles. The van der Waals surface area contributed by atoms with Crippen LogP contribution in [0.15, 0.2) is 77.8 Å². The van der Waals surface area contributed by atoms with Crippen molar-refractivity contribution < 1.29 is 14.6 Å². The van der Waals surface area contributed by atoms with Crippen molar-refractivity contribution in [2.45, 2.75) is 75.8 Å². The first-order valence-corrected chi connectivity index (χ1v) is 18.2. The number of hydrogen-bond donors (Lipinski definition) is 3. The topological polar surface area (TPSA) is 119 Å². The maximum Gasteiger partial charge on any atom is 0.320 e. The molecular weight excluding hydrogens is 631 g/mol. The number of nitrogens with zero attached hydrogens (tertiary/aromatic N) is 5. The number of fused-ring (bicyclic) bond motifs is 2. The quantitative estimate of drug-likeness (QED) is 0.102. The van der Waals surface area contributed by atoms with Gasteiger partial charge in [0, 0.05) is 28.0 Å². The lowest BCUT2D eigenvalue weighted by Crippen LogP contribution is -2.36. The average molecular weight is 672 g/mol. The Hall–Kier alpha value is -4.00. The van der Waals surface area contributed by atoms with E-state index in [1.165, 1.54) is 0 Å². The van der Waals surface area contributed by atoms with Crippen molar-refractivity contribution in [3.05, 3.63) is 95.6 Å². The van der Waals surface area contributed by atoms with E-state index in [9.17, 15) is 4.79 Å². The number of amides is 2. The zero-order valence-corrected chi connectivity index (χ0v) is 28.9. The highest BCUT2D eigenvalue weighted by Crippen LogP contribution is 2.39. The standard InChI is InChI=1S/C35H41N7O3S2/c1-22(2)33-39-38-31-16-13-24(21-41(31)33)45-29-15-14-28(26-11-6-7-12-27(26)29)36-34(44)37-32-20-30(35(3,4)5)40-42(32)23-9-8-10-25(19-23)47-46-18-17-43/h6-13,16,19-22,28-29,43H,14-15,17-18H2,1-5H3,(H2,36,37,44)/t28-,29+/m0/s1. The maximum absolute atomic E-state index is 13.6. The minimum absolute atomic E-state index is 0.132. The highest BCUT2D eigenvalue weighted by molar-refractivity contribution is 8.76. The van der Waals surface area contributed by atoms with Crippen LogP contribution in [0.4, 0.5) is 10.6 Å². The van der Waals surface area contributed by atoms with E-state index in [0.717, 1.165) is 57.5 Å². The van der Waals surface area contributed by atoms with Crippen LogP contribution in [-0.4, -0.2) is 47.9 Å². The second-order valence-electron chi connectivity index (χ2n) is 13.0. The van der Waals surface area contributed by atoms with E-state index in [0.29, 0.717) is 11.6 Å². The highest BCUT2D eigenvalue weighted by Gasteiger charge is 2.30. The van der Waals surface area contributed by atoms with E-state index in [4.69, 9.17) is 14.9 Å². The molecule has 5 aromatic rings. The van der Waals surface area contributed by atoms with Crippen LogP contribution in [0.2, 0.25) is 0 Å². The summed E-state index contributed by atoms with van der Waals surface area (Å²) in [5.74, 6) is 3.11. The van der Waals surface area contributed by atoms with Crippen molar-refractivity contribution in [3.63, 3.8) is 0 Å². The molecule has 1 aliphatic carbocycles. The summed E-state index contributed by atoms with van der Waals surface area (Å²) in [5.41, 5.74) is 4.40. The number of ether oxygens (including phenoxy) is 1. The Morgan fingerprint density at radius 1 is 1.04 bits per heavy atom. The molecule has 2 amide bonds. The predicted octanol–water partition coefficient (Wildman–Crippen LogP) is 7.85. The number of urea groups is 1. The van der Waals surface area contributed by atoms with Gasteiger partial charge in [0.15, 0.2) is 5.65 Å². The van der Waals surface area contributed by atoms with Crippen LogP contribution in [0, 0.1) is 0 Å². The van der Waals surface area contributed by atoms with Gasteiger partial charge in [0.1, 0.15) is 23.5 Å². The van der Waals surface area contributed by atoms with Gasteiger partial charge in [-0.1, -0.05) is 86.5 Å². The van der Waals surface area contributed by atoms with Gasteiger partial charge in [-0.25, -0.2) is 9.48 Å². The molecule has 0 radical (unpaired) electrons. The van der Waals surface area contributed by atoms with Gasteiger partial charge in [0.25, 0.3) is 0 Å². The SMILES string of the molecule is CC(C)c1nnc2ccc(O[C@@H]3CC[C@H](NC(=O)Nc4cc(C(C)(C)C)nn4-c4cccc(SSCCO)c4)c4ccccc43)cn12. The van der Waals surface area contributed by atoms with Crippen LogP contribution in [0.3, 0.4) is 0 Å². The molecule has 6 rings (SSSR count). The Morgan fingerprint density at radius 2 is 1.85 bits per heavy atom. The fourth-order valence-electron chi connectivity index (χ4n) is 5.70. The molecule has 3 N–H and O–H groups in total. The number of rotatable bonds is 10. The number of anilines is 1. The molecule has 10 nitrogen and oxygen atoms in total. The minimum Gasteiger partial charge on any atom is -0.484 e. The van der Waals surface area contributed by atoms with Crippen LogP contribution in [-0.2, 0) is 5.41 Å². The summed E-state index contributed by atoms with van der Waals surface area (Å²) in [6.45, 7) is 10.6. The first kappa shape index (κ1) is 32.9. The van der Waals surface area contributed by atoms with Gasteiger partial charge < -0.3 is 15.2 Å². The smallest absolute Gasteiger partial charge is 0.320 e. The zero-order valence-electron chi connectivity index (χ0n) is 27.3. The normalized spacial score (nSPS) is 16.3. The fourth-order valence-corrected chi connectivity index (χ4v) is 7.49. The number of aromatic nitrogens is 5. The molecule has 47 heavy (non-hydrogen) atoms. The lowest BCUT2D eigenvalue weighted by molar-refractivity contribution is 0.171. The maximum atomic E-state index is 13.6. The van der Waals surface area contributed by atoms with E-state index >= 15 is 0 Å². The Balaban J connectivity index is 1.20. The van der Waals surface area contributed by atoms with Gasteiger partial charge in [-0.15, -0.1) is 10.2 Å². The van der Waals surface area contributed by atoms with E-state index < -0.39 is 0 Å². The second-order valence-corrected chi connectivity index (χ2v) is 15.5. The summed E-state index contributed by atoms with van der Waals surface area (Å²) in [4.78, 5) is 14.6. The number of aliphatic hydroxyl groups excluding tert-OH is 1. The zero-order chi connectivity index (χ0) is 33.1. The van der Waals surface area contributed by atoms with Crippen LogP contribution >= 0.6 is 21.6 Å². The molecule has 2 atom stereocenters. The van der Waals surface area contributed by atoms with Crippen molar-refractivity contribution in [3.8, 4) is 11.4 Å². The molecule has 3 aromatic heterocycles. The third-order valence-electron chi connectivity index (χ3n) is 8.05. The largest absolute Gasteiger partial charge is 0.484 e. The van der Waals surface area contributed by atoms with Crippen LogP contribution in [0.5, 0.6) is 5.75 Å². The number of carbonyl (C=O) groups is 1. The van der Waals surface area contributed by atoms with Gasteiger partial charge >= 0.3 is 6.03 Å². The molecule has 246 valence electrons. The number of carbonyl (C=O) groups excluding carboxylic acids is 1. The molecule has 0 bridgehead atoms. The summed E-state index contributed by atoms with van der Waals surface area (Å²) in [5, 5.41) is 29.0. The Labute approximate surface area is 283 Å². The molecule has 0 spiro atoms. The molecular formula is C35H41N7O3S2. The average Bonchev–Trinajstić information content (AvgIpc) is 3.67. The molecule has 0 unspecified atom stereocenters. The Kier molecular flexibility index (Phi) is 9.81. The van der Waals surface area contributed by atoms with Gasteiger partial charge in [-0.05, 0) is 54.3 Å². The van der Waals surface area contributed by atoms with Gasteiger partial charge in [0.2, 0.25) is 0 Å². The van der Waals surface area contributed by atoms with Crippen molar-refractivity contribution >= 4 is 39.1 Å². The molecule has 12 heteroatoms. The summed E-state index contributed by atoms with van der Waals surface area (Å²) < 4.78 is 10.3. The lowest BCUT2D eigenvalue weighted by atomic mass is 9.85. The Morgan fingerprint density at radius 3 is 2.62 bits per heavy atom. The molecule has 0 aliphatic heterocycles. The summed E-state index contributed by atoms with van der Waals surface area (Å²) in [6, 6.07) is 21.5. The molecule has 0 fully saturated rings. The van der Waals surface area contributed by atoms with Crippen molar-refractivity contribution in [1.29, 1.82) is 0 Å². The van der Waals surface area contributed by atoms with Crippen molar-refractivity contribution in [2.75, 3.05) is 17.7 Å². The van der Waals surface area contributed by atoms with E-state index in [1.807, 2.05) is 65.2 Å².